The molecular weight excluding hydrogens is 404 g/mol. The number of amides is 1. The zero-order valence-electron chi connectivity index (χ0n) is 15.8. The van der Waals surface area contributed by atoms with Crippen LogP contribution in [-0.2, 0) is 4.79 Å². The quantitative estimate of drug-likeness (QED) is 0.204. The third-order valence-corrected chi connectivity index (χ3v) is 5.39. The number of nitro benzene ring substituents is 1. The number of furan rings is 1. The van der Waals surface area contributed by atoms with Crippen LogP contribution in [0.1, 0.15) is 6.92 Å². The summed E-state index contributed by atoms with van der Waals surface area (Å²) < 4.78 is 5.42. The summed E-state index contributed by atoms with van der Waals surface area (Å²) in [5.74, 6) is 0.687. The fraction of sp³-hybridized carbons (Fsp3) is 0.0952. The van der Waals surface area contributed by atoms with E-state index >= 15 is 0 Å². The molecule has 30 heavy (non-hydrogen) atoms. The average Bonchev–Trinajstić information content (AvgIpc) is 3.28. The highest BCUT2D eigenvalue weighted by Gasteiger charge is 2.19. The molecule has 4 rings (SSSR count). The number of rotatable bonds is 6. The zero-order chi connectivity index (χ0) is 21.1. The first-order valence-electron chi connectivity index (χ1n) is 9.04. The number of nitro groups is 1. The lowest BCUT2D eigenvalue weighted by Crippen LogP contribution is -2.22. The maximum Gasteiger partial charge on any atom is 0.271 e. The van der Waals surface area contributed by atoms with Crippen molar-refractivity contribution < 1.29 is 14.1 Å². The maximum atomic E-state index is 12.7. The van der Waals surface area contributed by atoms with Crippen LogP contribution in [0.25, 0.3) is 22.5 Å². The Balaban J connectivity index is 1.59. The molecule has 2 aromatic heterocycles. The van der Waals surface area contributed by atoms with E-state index in [1.54, 1.807) is 31.4 Å². The van der Waals surface area contributed by atoms with Crippen LogP contribution in [0.4, 0.5) is 11.4 Å². The highest BCUT2D eigenvalue weighted by molar-refractivity contribution is 8.00. The van der Waals surface area contributed by atoms with Gasteiger partial charge in [-0.3, -0.25) is 14.9 Å². The number of hydrogen-bond acceptors (Lipinski definition) is 7. The largest absolute Gasteiger partial charge is 0.461 e. The van der Waals surface area contributed by atoms with E-state index in [2.05, 4.69) is 15.3 Å². The van der Waals surface area contributed by atoms with Crippen molar-refractivity contribution in [1.82, 2.24) is 9.97 Å². The minimum Gasteiger partial charge on any atom is -0.461 e. The van der Waals surface area contributed by atoms with Crippen LogP contribution in [0.15, 0.2) is 76.4 Å². The van der Waals surface area contributed by atoms with Gasteiger partial charge < -0.3 is 9.73 Å². The number of nitrogens with one attached hydrogen (secondary N) is 1. The first kappa shape index (κ1) is 19.6. The van der Waals surface area contributed by atoms with Crippen molar-refractivity contribution in [3.8, 4) is 11.6 Å². The molecule has 2 heterocycles. The Hall–Kier alpha value is -3.72. The summed E-state index contributed by atoms with van der Waals surface area (Å²) in [7, 11) is 0. The first-order valence-corrected chi connectivity index (χ1v) is 9.92. The van der Waals surface area contributed by atoms with E-state index in [1.165, 1.54) is 30.0 Å². The van der Waals surface area contributed by atoms with Crippen LogP contribution in [0.3, 0.4) is 0 Å². The summed E-state index contributed by atoms with van der Waals surface area (Å²) in [5.41, 5.74) is 1.02. The van der Waals surface area contributed by atoms with Crippen LogP contribution in [0, 0.1) is 10.1 Å². The average molecular weight is 420 g/mol. The Morgan fingerprint density at radius 2 is 1.97 bits per heavy atom. The van der Waals surface area contributed by atoms with Gasteiger partial charge in [0.25, 0.3) is 5.69 Å². The number of nitrogens with zero attached hydrogens (tertiary/aromatic N) is 3. The number of para-hydroxylation sites is 1. The van der Waals surface area contributed by atoms with Crippen LogP contribution >= 0.6 is 11.8 Å². The Morgan fingerprint density at radius 1 is 1.13 bits per heavy atom. The minimum absolute atomic E-state index is 0.0852. The summed E-state index contributed by atoms with van der Waals surface area (Å²) in [6.07, 6.45) is 1.55. The molecule has 0 bridgehead atoms. The lowest BCUT2D eigenvalue weighted by atomic mass is 10.2. The smallest absolute Gasteiger partial charge is 0.271 e. The fourth-order valence-electron chi connectivity index (χ4n) is 2.82. The number of anilines is 1. The van der Waals surface area contributed by atoms with Crippen molar-refractivity contribution in [2.24, 2.45) is 0 Å². The van der Waals surface area contributed by atoms with Crippen molar-refractivity contribution >= 4 is 39.9 Å². The van der Waals surface area contributed by atoms with Crippen LogP contribution in [-0.4, -0.2) is 26.0 Å². The van der Waals surface area contributed by atoms with E-state index in [1.807, 2.05) is 24.3 Å². The molecule has 0 fully saturated rings. The summed E-state index contributed by atoms with van der Waals surface area (Å²) in [6.45, 7) is 1.75. The molecule has 2 aromatic carbocycles. The molecule has 9 heteroatoms. The molecule has 0 radical (unpaired) electrons. The van der Waals surface area contributed by atoms with Crippen LogP contribution < -0.4 is 5.32 Å². The molecule has 0 saturated carbocycles. The number of aromatic nitrogens is 2. The zero-order valence-corrected chi connectivity index (χ0v) is 16.6. The molecule has 0 aliphatic rings. The van der Waals surface area contributed by atoms with Gasteiger partial charge in [0.05, 0.1) is 22.0 Å². The Kier molecular flexibility index (Phi) is 5.44. The molecule has 1 amide bonds. The molecular formula is C21H16N4O4S. The van der Waals surface area contributed by atoms with Gasteiger partial charge in [0.1, 0.15) is 5.03 Å². The molecule has 1 unspecified atom stereocenters. The van der Waals surface area contributed by atoms with Gasteiger partial charge in [-0.2, -0.15) is 0 Å². The molecule has 8 nitrogen and oxygen atoms in total. The van der Waals surface area contributed by atoms with Gasteiger partial charge in [-0.15, -0.1) is 0 Å². The van der Waals surface area contributed by atoms with Crippen molar-refractivity contribution in [2.45, 2.75) is 17.2 Å². The molecule has 150 valence electrons. The summed E-state index contributed by atoms with van der Waals surface area (Å²) in [5, 5.41) is 14.6. The molecule has 1 atom stereocenters. The minimum atomic E-state index is -0.507. The van der Waals surface area contributed by atoms with E-state index < -0.39 is 10.2 Å². The lowest BCUT2D eigenvalue weighted by Gasteiger charge is -2.13. The number of non-ortho nitro benzene ring substituents is 1. The highest BCUT2D eigenvalue weighted by Crippen LogP contribution is 2.31. The number of benzene rings is 2. The van der Waals surface area contributed by atoms with Gasteiger partial charge in [-0.1, -0.05) is 36.0 Å². The Labute approximate surface area is 175 Å². The molecule has 0 aliphatic carbocycles. The second-order valence-electron chi connectivity index (χ2n) is 6.40. The van der Waals surface area contributed by atoms with Crippen LogP contribution in [0.2, 0.25) is 0 Å². The van der Waals surface area contributed by atoms with E-state index in [9.17, 15) is 14.9 Å². The Bertz CT molecular complexity index is 1230. The lowest BCUT2D eigenvalue weighted by molar-refractivity contribution is -0.384. The van der Waals surface area contributed by atoms with Gasteiger partial charge in [0.2, 0.25) is 5.91 Å². The standard InChI is InChI=1S/C21H16N4O4S/c1-13(20(26)22-14-6-4-7-15(12-14)25(27)28)30-21-16-8-2-3-9-17(16)23-19(24-21)18-10-5-11-29-18/h2-13H,1H3,(H,22,26). The molecule has 0 aliphatic heterocycles. The van der Waals surface area contributed by atoms with E-state index in [0.29, 0.717) is 22.3 Å². The Morgan fingerprint density at radius 3 is 2.73 bits per heavy atom. The van der Waals surface area contributed by atoms with Gasteiger partial charge in [-0.05, 0) is 31.2 Å². The highest BCUT2D eigenvalue weighted by atomic mass is 32.2. The number of fused-ring (bicyclic) bond motifs is 1. The van der Waals surface area contributed by atoms with E-state index in [0.717, 1.165) is 10.9 Å². The predicted molar refractivity (Wildman–Crippen MR) is 114 cm³/mol. The van der Waals surface area contributed by atoms with Crippen LogP contribution in [0.5, 0.6) is 0 Å². The molecule has 0 saturated heterocycles. The van der Waals surface area contributed by atoms with Crippen molar-refractivity contribution in [2.75, 3.05) is 5.32 Å². The number of carbonyl (C=O) groups excluding carboxylic acids is 1. The van der Waals surface area contributed by atoms with E-state index in [-0.39, 0.29) is 11.6 Å². The molecule has 0 spiro atoms. The third-order valence-electron chi connectivity index (χ3n) is 4.29. The van der Waals surface area contributed by atoms with Crippen molar-refractivity contribution in [3.63, 3.8) is 0 Å². The number of hydrogen-bond donors (Lipinski definition) is 1. The van der Waals surface area contributed by atoms with Gasteiger partial charge >= 0.3 is 0 Å². The SMILES string of the molecule is CC(Sc1nc(-c2ccco2)nc2ccccc12)C(=O)Nc1cccc([N+](=O)[O-])c1. The topological polar surface area (TPSA) is 111 Å². The maximum absolute atomic E-state index is 12.7. The van der Waals surface area contributed by atoms with Gasteiger partial charge in [-0.25, -0.2) is 9.97 Å². The normalized spacial score (nSPS) is 11.9. The second kappa shape index (κ2) is 8.34. The number of thioether (sulfide) groups is 1. The predicted octanol–water partition coefficient (Wildman–Crippen LogP) is 4.92. The van der Waals surface area contributed by atoms with E-state index in [4.69, 9.17) is 4.42 Å². The van der Waals surface area contributed by atoms with Crippen molar-refractivity contribution in [3.05, 3.63) is 77.0 Å². The first-order chi connectivity index (χ1) is 14.5. The molecule has 1 N–H and O–H groups in total. The third kappa shape index (κ3) is 4.15. The fourth-order valence-corrected chi connectivity index (χ4v) is 3.75. The summed E-state index contributed by atoms with van der Waals surface area (Å²) >= 11 is 1.28. The van der Waals surface area contributed by atoms with Gasteiger partial charge in [0, 0.05) is 23.2 Å². The monoisotopic (exact) mass is 420 g/mol. The molecule has 4 aromatic rings. The van der Waals surface area contributed by atoms with Crippen molar-refractivity contribution in [1.29, 1.82) is 0 Å². The second-order valence-corrected chi connectivity index (χ2v) is 7.73. The summed E-state index contributed by atoms with van der Waals surface area (Å²) in [6, 6.07) is 16.9. The summed E-state index contributed by atoms with van der Waals surface area (Å²) in [4.78, 5) is 32.3. The van der Waals surface area contributed by atoms with Gasteiger partial charge in [0.15, 0.2) is 11.6 Å². The number of carbonyl (C=O) groups is 1.